The number of carbonyl (C=O) groups is 1. The number of hydrogen-bond acceptors (Lipinski definition) is 6. The van der Waals surface area contributed by atoms with Gasteiger partial charge in [-0.15, -0.1) is 0 Å². The Hall–Kier alpha value is -3.67. The zero-order valence-electron chi connectivity index (χ0n) is 17.2. The number of ketones is 1. The number of Topliss-reactive ketones (excluding diaryl/α,β-unsaturated/α-hetero) is 1. The molecule has 0 unspecified atom stereocenters. The molecule has 1 atom stereocenters. The van der Waals surface area contributed by atoms with Crippen LogP contribution in [-0.4, -0.2) is 28.2 Å². The van der Waals surface area contributed by atoms with Crippen molar-refractivity contribution in [3.05, 3.63) is 76.9 Å². The third kappa shape index (κ3) is 4.28. The summed E-state index contributed by atoms with van der Waals surface area (Å²) in [7, 11) is 1.60. The van der Waals surface area contributed by atoms with Crippen LogP contribution in [0.3, 0.4) is 0 Å². The molecule has 0 aromatic heterocycles. The molecule has 3 N–H and O–H groups in total. The van der Waals surface area contributed by atoms with Gasteiger partial charge in [-0.1, -0.05) is 24.3 Å². The fourth-order valence-electron chi connectivity index (χ4n) is 3.89. The fraction of sp³-hybridized carbons (Fsp3) is 0.240. The Labute approximate surface area is 180 Å². The lowest BCUT2D eigenvalue weighted by atomic mass is 9.92. The first-order valence-corrected chi connectivity index (χ1v) is 10.2. The summed E-state index contributed by atoms with van der Waals surface area (Å²) in [6.07, 6.45) is 1.45. The standard InChI is InChI=1S/C25H24O6/c1-30-18-9-2-15(3-10-18)4-12-20(27)24-22(29)14-21(28)19-11-13-23(31-25(19)24)16-5-7-17(26)8-6-16/h2-3,5-10,14,23,26,28-29H,4,11-13H2,1H3/t23-/m0/s1. The summed E-state index contributed by atoms with van der Waals surface area (Å²) in [5.41, 5.74) is 2.46. The predicted octanol–water partition coefficient (Wildman–Crippen LogP) is 4.69. The number of phenols is 3. The van der Waals surface area contributed by atoms with Gasteiger partial charge >= 0.3 is 0 Å². The molecule has 0 saturated carbocycles. The topological polar surface area (TPSA) is 96.2 Å². The van der Waals surface area contributed by atoms with Gasteiger partial charge in [0.25, 0.3) is 0 Å². The highest BCUT2D eigenvalue weighted by molar-refractivity contribution is 6.02. The first-order chi connectivity index (χ1) is 15.0. The summed E-state index contributed by atoms with van der Waals surface area (Å²) < 4.78 is 11.3. The number of fused-ring (bicyclic) bond motifs is 1. The van der Waals surface area contributed by atoms with E-state index in [-0.39, 0.29) is 46.9 Å². The maximum absolute atomic E-state index is 13.1. The average molecular weight is 420 g/mol. The highest BCUT2D eigenvalue weighted by atomic mass is 16.5. The molecule has 0 saturated heterocycles. The van der Waals surface area contributed by atoms with Gasteiger partial charge in [0.2, 0.25) is 0 Å². The van der Waals surface area contributed by atoms with Crippen molar-refractivity contribution in [2.45, 2.75) is 31.8 Å². The summed E-state index contributed by atoms with van der Waals surface area (Å²) in [5, 5.41) is 30.3. The lowest BCUT2D eigenvalue weighted by molar-refractivity contribution is 0.0967. The van der Waals surface area contributed by atoms with Crippen LogP contribution in [0.4, 0.5) is 0 Å². The number of benzene rings is 3. The van der Waals surface area contributed by atoms with Crippen molar-refractivity contribution in [3.63, 3.8) is 0 Å². The van der Waals surface area contributed by atoms with Gasteiger partial charge in [-0.2, -0.15) is 0 Å². The number of hydrogen-bond donors (Lipinski definition) is 3. The molecule has 1 aliphatic rings. The van der Waals surface area contributed by atoms with Crippen LogP contribution in [0.1, 0.15) is 46.0 Å². The van der Waals surface area contributed by atoms with Gasteiger partial charge in [0.1, 0.15) is 40.4 Å². The molecule has 1 aliphatic heterocycles. The Kier molecular flexibility index (Phi) is 5.71. The van der Waals surface area contributed by atoms with E-state index >= 15 is 0 Å². The highest BCUT2D eigenvalue weighted by Gasteiger charge is 2.30. The largest absolute Gasteiger partial charge is 0.508 e. The minimum absolute atomic E-state index is 0.0802. The van der Waals surface area contributed by atoms with Crippen LogP contribution in [0, 0.1) is 0 Å². The van der Waals surface area contributed by atoms with E-state index in [0.29, 0.717) is 24.8 Å². The Morgan fingerprint density at radius 1 is 1.03 bits per heavy atom. The molecule has 3 aromatic rings. The first-order valence-electron chi connectivity index (χ1n) is 10.2. The summed E-state index contributed by atoms with van der Waals surface area (Å²) in [4.78, 5) is 13.1. The van der Waals surface area contributed by atoms with E-state index in [2.05, 4.69) is 0 Å². The van der Waals surface area contributed by atoms with Crippen molar-refractivity contribution < 1.29 is 29.6 Å². The van der Waals surface area contributed by atoms with E-state index < -0.39 is 0 Å². The number of aromatic hydroxyl groups is 3. The molecule has 0 aliphatic carbocycles. The number of ether oxygens (including phenoxy) is 2. The zero-order valence-corrected chi connectivity index (χ0v) is 17.2. The van der Waals surface area contributed by atoms with Crippen LogP contribution in [0.5, 0.6) is 28.7 Å². The van der Waals surface area contributed by atoms with Crippen molar-refractivity contribution in [3.8, 4) is 28.7 Å². The second-order valence-electron chi connectivity index (χ2n) is 7.61. The normalized spacial score (nSPS) is 15.1. The first kappa shape index (κ1) is 20.6. The van der Waals surface area contributed by atoms with E-state index in [1.165, 1.54) is 6.07 Å². The van der Waals surface area contributed by atoms with Crippen molar-refractivity contribution in [2.75, 3.05) is 7.11 Å². The van der Waals surface area contributed by atoms with Gasteiger partial charge in [0.15, 0.2) is 5.78 Å². The molecule has 0 spiro atoms. The Morgan fingerprint density at radius 2 is 1.74 bits per heavy atom. The molecule has 0 amide bonds. The summed E-state index contributed by atoms with van der Waals surface area (Å²) >= 11 is 0. The lowest BCUT2D eigenvalue weighted by Gasteiger charge is -2.29. The van der Waals surface area contributed by atoms with E-state index in [9.17, 15) is 20.1 Å². The number of aryl methyl sites for hydroxylation is 1. The number of methoxy groups -OCH3 is 1. The summed E-state index contributed by atoms with van der Waals surface area (Å²) in [5.74, 6) is 0.516. The number of rotatable bonds is 6. The molecule has 160 valence electrons. The summed E-state index contributed by atoms with van der Waals surface area (Å²) in [6.45, 7) is 0. The van der Waals surface area contributed by atoms with E-state index in [1.54, 1.807) is 31.4 Å². The highest BCUT2D eigenvalue weighted by Crippen LogP contribution is 2.45. The molecule has 0 radical (unpaired) electrons. The summed E-state index contributed by atoms with van der Waals surface area (Å²) in [6, 6.07) is 15.4. The molecular formula is C25H24O6. The van der Waals surface area contributed by atoms with Gasteiger partial charge in [-0.3, -0.25) is 4.79 Å². The Morgan fingerprint density at radius 3 is 2.42 bits per heavy atom. The Balaban J connectivity index is 1.59. The van der Waals surface area contributed by atoms with Crippen molar-refractivity contribution in [1.29, 1.82) is 0 Å². The molecule has 0 fully saturated rings. The van der Waals surface area contributed by atoms with Crippen LogP contribution < -0.4 is 9.47 Å². The predicted molar refractivity (Wildman–Crippen MR) is 115 cm³/mol. The zero-order chi connectivity index (χ0) is 22.0. The maximum atomic E-state index is 13.1. The lowest BCUT2D eigenvalue weighted by Crippen LogP contribution is -2.18. The monoisotopic (exact) mass is 420 g/mol. The van der Waals surface area contributed by atoms with Crippen molar-refractivity contribution >= 4 is 5.78 Å². The average Bonchev–Trinajstić information content (AvgIpc) is 2.78. The molecule has 0 bridgehead atoms. The van der Waals surface area contributed by atoms with Gasteiger partial charge in [0.05, 0.1) is 7.11 Å². The van der Waals surface area contributed by atoms with Gasteiger partial charge < -0.3 is 24.8 Å². The Bertz CT molecular complexity index is 1090. The maximum Gasteiger partial charge on any atom is 0.170 e. The quantitative estimate of drug-likeness (QED) is 0.501. The number of phenolic OH excluding ortho intramolecular Hbond substituents is 3. The van der Waals surface area contributed by atoms with Gasteiger partial charge in [-0.05, 0) is 54.7 Å². The van der Waals surface area contributed by atoms with Gasteiger partial charge in [0, 0.05) is 18.1 Å². The molecule has 3 aromatic carbocycles. The third-order valence-corrected chi connectivity index (χ3v) is 5.60. The second kappa shape index (κ2) is 8.60. The molecule has 6 heteroatoms. The van der Waals surface area contributed by atoms with Crippen LogP contribution in [0.15, 0.2) is 54.6 Å². The SMILES string of the molecule is COc1ccc(CCC(=O)c2c(O)cc(O)c3c2O[C@H](c2ccc(O)cc2)CC3)cc1. The molecule has 1 heterocycles. The molecule has 31 heavy (non-hydrogen) atoms. The second-order valence-corrected chi connectivity index (χ2v) is 7.61. The number of carbonyl (C=O) groups excluding carboxylic acids is 1. The van der Waals surface area contributed by atoms with Crippen molar-refractivity contribution in [1.82, 2.24) is 0 Å². The molecule has 4 rings (SSSR count). The van der Waals surface area contributed by atoms with E-state index in [0.717, 1.165) is 16.9 Å². The van der Waals surface area contributed by atoms with E-state index in [4.69, 9.17) is 9.47 Å². The van der Waals surface area contributed by atoms with Gasteiger partial charge in [-0.25, -0.2) is 0 Å². The smallest absolute Gasteiger partial charge is 0.170 e. The fourth-order valence-corrected chi connectivity index (χ4v) is 3.89. The minimum atomic E-state index is -0.345. The van der Waals surface area contributed by atoms with Crippen LogP contribution in [0.25, 0.3) is 0 Å². The van der Waals surface area contributed by atoms with E-state index in [1.807, 2.05) is 24.3 Å². The van der Waals surface area contributed by atoms with Crippen LogP contribution >= 0.6 is 0 Å². The third-order valence-electron chi connectivity index (χ3n) is 5.60. The molecule has 6 nitrogen and oxygen atoms in total. The van der Waals surface area contributed by atoms with Crippen LogP contribution in [-0.2, 0) is 12.8 Å². The van der Waals surface area contributed by atoms with Crippen molar-refractivity contribution in [2.24, 2.45) is 0 Å². The minimum Gasteiger partial charge on any atom is -0.508 e. The molecular weight excluding hydrogens is 396 g/mol. The van der Waals surface area contributed by atoms with Crippen LogP contribution in [0.2, 0.25) is 0 Å².